The van der Waals surface area contributed by atoms with Crippen molar-refractivity contribution in [3.63, 3.8) is 0 Å². The van der Waals surface area contributed by atoms with E-state index in [-0.39, 0.29) is 5.11 Å². The van der Waals surface area contributed by atoms with Crippen molar-refractivity contribution in [3.05, 3.63) is 12.4 Å². The summed E-state index contributed by atoms with van der Waals surface area (Å²) in [5.74, 6) is 0. The molecule has 0 radical (unpaired) electrons. The Bertz CT molecular complexity index is 363. The third-order valence-corrected chi connectivity index (χ3v) is 1.66. The Morgan fingerprint density at radius 2 is 2.47 bits per heavy atom. The number of alkyl carbamates (subject to hydrolysis) is 1. The number of nitrogens with one attached hydrogen (secondary N) is 2. The lowest BCUT2D eigenvalue weighted by Gasteiger charge is -2.06. The molecule has 1 aromatic heterocycles. The number of anilines is 1. The van der Waals surface area contributed by atoms with E-state index in [2.05, 4.69) is 20.5 Å². The molecule has 0 aliphatic heterocycles. The van der Waals surface area contributed by atoms with Gasteiger partial charge < -0.3 is 10.1 Å². The first-order valence-corrected chi connectivity index (χ1v) is 4.76. The standard InChI is InChI=1S/C8H12N4O2S/c1-3-14-8(13)11-7(15)10-6-4-9-12(2)5-6/h4-5H,3H2,1-2H3,(H2,10,11,13,15). The molecule has 1 amide bonds. The average Bonchev–Trinajstić information content (AvgIpc) is 2.51. The molecule has 1 heterocycles. The van der Waals surface area contributed by atoms with Gasteiger partial charge in [0, 0.05) is 13.2 Å². The molecule has 0 aliphatic carbocycles. The predicted molar refractivity (Wildman–Crippen MR) is 59.6 cm³/mol. The van der Waals surface area contributed by atoms with E-state index in [1.165, 1.54) is 0 Å². The van der Waals surface area contributed by atoms with Gasteiger partial charge in [-0.15, -0.1) is 0 Å². The van der Waals surface area contributed by atoms with Crippen molar-refractivity contribution in [1.29, 1.82) is 0 Å². The molecule has 6 nitrogen and oxygen atoms in total. The second-order valence-electron chi connectivity index (χ2n) is 2.70. The Balaban J connectivity index is 2.39. The molecule has 15 heavy (non-hydrogen) atoms. The van der Waals surface area contributed by atoms with Crippen molar-refractivity contribution in [2.75, 3.05) is 11.9 Å². The van der Waals surface area contributed by atoms with Gasteiger partial charge in [-0.25, -0.2) is 4.79 Å². The van der Waals surface area contributed by atoms with Crippen LogP contribution in [0.3, 0.4) is 0 Å². The lowest BCUT2D eigenvalue weighted by atomic mass is 10.6. The third kappa shape index (κ3) is 3.94. The van der Waals surface area contributed by atoms with E-state index in [0.717, 1.165) is 0 Å². The summed E-state index contributed by atoms with van der Waals surface area (Å²) < 4.78 is 6.28. The minimum Gasteiger partial charge on any atom is -0.450 e. The molecule has 1 rings (SSSR count). The van der Waals surface area contributed by atoms with Crippen LogP contribution in [0.1, 0.15) is 6.92 Å². The van der Waals surface area contributed by atoms with Crippen LogP contribution in [0.4, 0.5) is 10.5 Å². The monoisotopic (exact) mass is 228 g/mol. The predicted octanol–water partition coefficient (Wildman–Crippen LogP) is 0.863. The van der Waals surface area contributed by atoms with Crippen molar-refractivity contribution >= 4 is 29.1 Å². The fourth-order valence-electron chi connectivity index (χ4n) is 0.908. The van der Waals surface area contributed by atoms with Crippen molar-refractivity contribution in [3.8, 4) is 0 Å². The first-order valence-electron chi connectivity index (χ1n) is 4.35. The quantitative estimate of drug-likeness (QED) is 0.735. The van der Waals surface area contributed by atoms with E-state index in [9.17, 15) is 4.79 Å². The summed E-state index contributed by atoms with van der Waals surface area (Å²) in [7, 11) is 1.78. The highest BCUT2D eigenvalue weighted by Crippen LogP contribution is 2.02. The topological polar surface area (TPSA) is 68.2 Å². The molecule has 0 unspecified atom stereocenters. The molecule has 0 aromatic carbocycles. The van der Waals surface area contributed by atoms with Crippen molar-refractivity contribution in [1.82, 2.24) is 15.1 Å². The van der Waals surface area contributed by atoms with E-state index in [4.69, 9.17) is 12.2 Å². The number of carbonyl (C=O) groups excluding carboxylic acids is 1. The van der Waals surface area contributed by atoms with E-state index >= 15 is 0 Å². The van der Waals surface area contributed by atoms with Gasteiger partial charge in [0.1, 0.15) is 0 Å². The van der Waals surface area contributed by atoms with Crippen molar-refractivity contribution in [2.24, 2.45) is 7.05 Å². The second-order valence-corrected chi connectivity index (χ2v) is 3.11. The number of rotatable bonds is 2. The van der Waals surface area contributed by atoms with E-state index in [1.807, 2.05) is 0 Å². The van der Waals surface area contributed by atoms with Gasteiger partial charge in [0.25, 0.3) is 0 Å². The molecule has 0 spiro atoms. The van der Waals surface area contributed by atoms with Gasteiger partial charge in [0.05, 0.1) is 18.5 Å². The van der Waals surface area contributed by atoms with E-state index in [1.54, 1.807) is 31.0 Å². The minimum atomic E-state index is -0.570. The summed E-state index contributed by atoms with van der Waals surface area (Å²) in [5, 5.41) is 9.27. The van der Waals surface area contributed by atoms with Gasteiger partial charge >= 0.3 is 6.09 Å². The van der Waals surface area contributed by atoms with Crippen molar-refractivity contribution in [2.45, 2.75) is 6.92 Å². The zero-order valence-corrected chi connectivity index (χ0v) is 9.30. The Hall–Kier alpha value is -1.63. The molecule has 0 aliphatic rings. The number of aromatic nitrogens is 2. The van der Waals surface area contributed by atoms with Crippen LogP contribution in [-0.2, 0) is 11.8 Å². The maximum Gasteiger partial charge on any atom is 0.413 e. The smallest absolute Gasteiger partial charge is 0.413 e. The number of ether oxygens (including phenoxy) is 1. The Labute approximate surface area is 92.6 Å². The van der Waals surface area contributed by atoms with Gasteiger partial charge in [-0.2, -0.15) is 5.10 Å². The largest absolute Gasteiger partial charge is 0.450 e. The number of aryl methyl sites for hydroxylation is 1. The molecule has 0 fully saturated rings. The lowest BCUT2D eigenvalue weighted by Crippen LogP contribution is -2.34. The van der Waals surface area contributed by atoms with Gasteiger partial charge in [-0.05, 0) is 19.1 Å². The summed E-state index contributed by atoms with van der Waals surface area (Å²) in [6, 6.07) is 0. The van der Waals surface area contributed by atoms with Crippen LogP contribution in [0.2, 0.25) is 0 Å². The molecule has 0 saturated carbocycles. The molecule has 0 atom stereocenters. The molecular formula is C8H12N4O2S. The van der Waals surface area contributed by atoms with Crippen LogP contribution < -0.4 is 10.6 Å². The van der Waals surface area contributed by atoms with Crippen LogP contribution in [-0.4, -0.2) is 27.6 Å². The first-order chi connectivity index (χ1) is 7.11. The number of carbonyl (C=O) groups is 1. The van der Waals surface area contributed by atoms with E-state index < -0.39 is 6.09 Å². The zero-order valence-electron chi connectivity index (χ0n) is 8.48. The number of hydrogen-bond acceptors (Lipinski definition) is 4. The normalized spacial score (nSPS) is 9.47. The highest BCUT2D eigenvalue weighted by atomic mass is 32.1. The maximum absolute atomic E-state index is 11.0. The fourth-order valence-corrected chi connectivity index (χ4v) is 1.11. The van der Waals surface area contributed by atoms with Crippen LogP contribution in [0, 0.1) is 0 Å². The van der Waals surface area contributed by atoms with Gasteiger partial charge in [-0.1, -0.05) is 0 Å². The molecular weight excluding hydrogens is 216 g/mol. The van der Waals surface area contributed by atoms with Gasteiger partial charge in [-0.3, -0.25) is 10.00 Å². The van der Waals surface area contributed by atoms with Crippen LogP contribution >= 0.6 is 12.2 Å². The highest BCUT2D eigenvalue weighted by Gasteiger charge is 2.04. The summed E-state index contributed by atoms with van der Waals surface area (Å²) in [4.78, 5) is 11.0. The molecule has 0 bridgehead atoms. The summed E-state index contributed by atoms with van der Waals surface area (Å²) in [6.45, 7) is 2.03. The van der Waals surface area contributed by atoms with Gasteiger partial charge in [0.15, 0.2) is 5.11 Å². The Morgan fingerprint density at radius 3 is 3.00 bits per heavy atom. The zero-order chi connectivity index (χ0) is 11.3. The summed E-state index contributed by atoms with van der Waals surface area (Å²) >= 11 is 4.88. The number of hydrogen-bond donors (Lipinski definition) is 2. The Morgan fingerprint density at radius 1 is 1.73 bits per heavy atom. The van der Waals surface area contributed by atoms with Crippen LogP contribution in [0.15, 0.2) is 12.4 Å². The number of amides is 1. The minimum absolute atomic E-state index is 0.182. The number of nitrogens with zero attached hydrogens (tertiary/aromatic N) is 2. The second kappa shape index (κ2) is 5.30. The van der Waals surface area contributed by atoms with Crippen molar-refractivity contribution < 1.29 is 9.53 Å². The van der Waals surface area contributed by atoms with Crippen LogP contribution in [0.25, 0.3) is 0 Å². The molecule has 0 saturated heterocycles. The molecule has 82 valence electrons. The lowest BCUT2D eigenvalue weighted by molar-refractivity contribution is 0.158. The maximum atomic E-state index is 11.0. The summed E-state index contributed by atoms with van der Waals surface area (Å²) in [6.07, 6.45) is 2.76. The van der Waals surface area contributed by atoms with E-state index in [0.29, 0.717) is 12.3 Å². The average molecular weight is 228 g/mol. The summed E-state index contributed by atoms with van der Waals surface area (Å²) in [5.41, 5.74) is 0.708. The molecule has 1 aromatic rings. The Kier molecular flexibility index (Phi) is 4.04. The molecule has 7 heteroatoms. The first kappa shape index (κ1) is 11.4. The van der Waals surface area contributed by atoms with Gasteiger partial charge in [0.2, 0.25) is 0 Å². The number of thiocarbonyl (C=S) groups is 1. The fraction of sp³-hybridized carbons (Fsp3) is 0.375. The molecule has 2 N–H and O–H groups in total. The highest BCUT2D eigenvalue weighted by molar-refractivity contribution is 7.80. The third-order valence-electron chi connectivity index (χ3n) is 1.45. The van der Waals surface area contributed by atoms with Crippen LogP contribution in [0.5, 0.6) is 0 Å². The SMILES string of the molecule is CCOC(=O)NC(=S)Nc1cnn(C)c1.